The van der Waals surface area contributed by atoms with E-state index in [0.29, 0.717) is 6.42 Å². The molecule has 0 aliphatic carbocycles. The molecule has 0 amide bonds. The molecule has 0 spiro atoms. The van der Waals surface area contributed by atoms with E-state index in [2.05, 4.69) is 4.98 Å². The summed E-state index contributed by atoms with van der Waals surface area (Å²) in [5.41, 5.74) is 0. The maximum Gasteiger partial charge on any atom is 0.318 e. The number of diazo groups is 1. The van der Waals surface area contributed by atoms with Crippen molar-refractivity contribution in [3.05, 3.63) is 4.98 Å². The van der Waals surface area contributed by atoms with Crippen molar-refractivity contribution in [2.75, 3.05) is 0 Å². The van der Waals surface area contributed by atoms with Crippen molar-refractivity contribution >= 4 is 6.29 Å². The number of nitrogens with zero attached hydrogens (tertiary/aromatic N) is 2. The third kappa shape index (κ3) is 2.91. The highest BCUT2D eigenvalue weighted by atomic mass is 16.1. The van der Waals surface area contributed by atoms with Crippen molar-refractivity contribution in [1.82, 2.24) is 0 Å². The summed E-state index contributed by atoms with van der Waals surface area (Å²) in [4.78, 5) is 12.5. The molecule has 1 atom stereocenters. The van der Waals surface area contributed by atoms with Crippen LogP contribution in [0.1, 0.15) is 13.3 Å². The van der Waals surface area contributed by atoms with Crippen molar-refractivity contribution in [3.8, 4) is 0 Å². The minimum atomic E-state index is -0.238. The third-order valence-electron chi connectivity index (χ3n) is 0.634. The molecule has 0 aliphatic heterocycles. The van der Waals surface area contributed by atoms with Crippen LogP contribution in [-0.4, -0.2) is 12.3 Å². The minimum Gasteiger partial charge on any atom is -0.303 e. The van der Waals surface area contributed by atoms with Gasteiger partial charge in [0.25, 0.3) is 0 Å². The lowest BCUT2D eigenvalue weighted by atomic mass is 10.3. The Kier molecular flexibility index (Phi) is 2.86. The van der Waals surface area contributed by atoms with E-state index in [1.807, 2.05) is 0 Å². The highest BCUT2D eigenvalue weighted by Crippen LogP contribution is 1.89. The van der Waals surface area contributed by atoms with Crippen LogP contribution >= 0.6 is 0 Å². The van der Waals surface area contributed by atoms with Crippen LogP contribution in [0, 0.1) is 5.39 Å². The molecule has 0 aromatic rings. The largest absolute Gasteiger partial charge is 0.318 e. The fourth-order valence-electron chi connectivity index (χ4n) is 0.186. The van der Waals surface area contributed by atoms with Crippen LogP contribution < -0.4 is 0 Å². The standard InChI is InChI=1S/C4H7N2O/c1-4(6-5)2-3-7/h3-4H,2H2,1H3/q+1. The quantitative estimate of drug-likeness (QED) is 0.380. The Bertz CT molecular complexity index is 94.4. The Hall–Kier alpha value is -0.910. The van der Waals surface area contributed by atoms with Crippen LogP contribution in [-0.2, 0) is 4.79 Å². The van der Waals surface area contributed by atoms with Gasteiger partial charge < -0.3 is 4.79 Å². The summed E-state index contributed by atoms with van der Waals surface area (Å²) in [6, 6.07) is -0.238. The monoisotopic (exact) mass is 99.1 g/mol. The van der Waals surface area contributed by atoms with E-state index >= 15 is 0 Å². The van der Waals surface area contributed by atoms with E-state index in [4.69, 9.17) is 5.39 Å². The summed E-state index contributed by atoms with van der Waals surface area (Å²) in [7, 11) is 0. The zero-order valence-electron chi connectivity index (χ0n) is 4.16. The van der Waals surface area contributed by atoms with Crippen molar-refractivity contribution in [3.63, 3.8) is 0 Å². The SMILES string of the molecule is CC(CC=O)[N+]#N. The highest BCUT2D eigenvalue weighted by molar-refractivity contribution is 5.50. The molecule has 1 unspecified atom stereocenters. The first kappa shape index (κ1) is 6.09. The van der Waals surface area contributed by atoms with Gasteiger partial charge in [-0.2, -0.15) is 0 Å². The Morgan fingerprint density at radius 2 is 2.57 bits per heavy atom. The second-order valence-electron chi connectivity index (χ2n) is 1.37. The number of hydrogen-bond acceptors (Lipinski definition) is 2. The molecule has 0 aromatic carbocycles. The van der Waals surface area contributed by atoms with Gasteiger partial charge in [-0.3, -0.25) is 0 Å². The second-order valence-corrected chi connectivity index (χ2v) is 1.37. The smallest absolute Gasteiger partial charge is 0.303 e. The van der Waals surface area contributed by atoms with Crippen LogP contribution in [0.4, 0.5) is 0 Å². The topological polar surface area (TPSA) is 45.2 Å². The zero-order chi connectivity index (χ0) is 5.70. The van der Waals surface area contributed by atoms with Crippen molar-refractivity contribution in [2.45, 2.75) is 19.4 Å². The predicted octanol–water partition coefficient (Wildman–Crippen LogP) is 0.817. The molecule has 0 fully saturated rings. The first-order valence-electron chi connectivity index (χ1n) is 2.09. The third-order valence-corrected chi connectivity index (χ3v) is 0.634. The summed E-state index contributed by atoms with van der Waals surface area (Å²) in [6.45, 7) is 1.66. The fraction of sp³-hybridized carbons (Fsp3) is 0.750. The molecule has 0 saturated heterocycles. The second kappa shape index (κ2) is 3.29. The summed E-state index contributed by atoms with van der Waals surface area (Å²) < 4.78 is 0. The predicted molar refractivity (Wildman–Crippen MR) is 25.2 cm³/mol. The molecule has 38 valence electrons. The van der Waals surface area contributed by atoms with Crippen LogP contribution in [0.3, 0.4) is 0 Å². The Balaban J connectivity index is 3.21. The summed E-state index contributed by atoms with van der Waals surface area (Å²) in [5.74, 6) is 0. The maximum absolute atomic E-state index is 9.60. The molecule has 0 radical (unpaired) electrons. The van der Waals surface area contributed by atoms with Gasteiger partial charge in [-0.1, -0.05) is 0 Å². The van der Waals surface area contributed by atoms with E-state index in [1.165, 1.54) is 0 Å². The summed E-state index contributed by atoms with van der Waals surface area (Å²) >= 11 is 0. The van der Waals surface area contributed by atoms with Gasteiger partial charge in [0.1, 0.15) is 11.3 Å². The number of rotatable bonds is 2. The fourth-order valence-corrected chi connectivity index (χ4v) is 0.186. The molecule has 0 bridgehead atoms. The van der Waals surface area contributed by atoms with E-state index in [-0.39, 0.29) is 6.04 Å². The van der Waals surface area contributed by atoms with Gasteiger partial charge in [0.2, 0.25) is 5.39 Å². The van der Waals surface area contributed by atoms with E-state index < -0.39 is 0 Å². The molecular weight excluding hydrogens is 92.1 g/mol. The number of carbonyl (C=O) groups is 1. The zero-order valence-corrected chi connectivity index (χ0v) is 4.16. The van der Waals surface area contributed by atoms with Crippen LogP contribution in [0.25, 0.3) is 4.98 Å². The first-order chi connectivity index (χ1) is 3.31. The Morgan fingerprint density at radius 3 is 2.71 bits per heavy atom. The van der Waals surface area contributed by atoms with Crippen molar-refractivity contribution in [1.29, 1.82) is 5.39 Å². The van der Waals surface area contributed by atoms with Crippen LogP contribution in [0.2, 0.25) is 0 Å². The number of hydrogen-bond donors (Lipinski definition) is 0. The molecule has 0 saturated carbocycles. The van der Waals surface area contributed by atoms with Gasteiger partial charge in [-0.25, -0.2) is 0 Å². The molecule has 0 aromatic heterocycles. The minimum absolute atomic E-state index is 0.238. The van der Waals surface area contributed by atoms with Gasteiger partial charge in [0, 0.05) is 6.92 Å². The van der Waals surface area contributed by atoms with Gasteiger partial charge >= 0.3 is 6.04 Å². The molecule has 3 heteroatoms. The number of aldehydes is 1. The van der Waals surface area contributed by atoms with E-state index in [0.717, 1.165) is 6.29 Å². The lowest BCUT2D eigenvalue weighted by molar-refractivity contribution is -0.107. The van der Waals surface area contributed by atoms with Crippen LogP contribution in [0.5, 0.6) is 0 Å². The van der Waals surface area contributed by atoms with Gasteiger partial charge in [0.15, 0.2) is 0 Å². The Labute approximate surface area is 42.0 Å². The lowest BCUT2D eigenvalue weighted by Gasteiger charge is -1.72. The molecular formula is C4H7N2O+. The van der Waals surface area contributed by atoms with Crippen molar-refractivity contribution in [2.24, 2.45) is 0 Å². The van der Waals surface area contributed by atoms with E-state index in [9.17, 15) is 4.79 Å². The van der Waals surface area contributed by atoms with E-state index in [1.54, 1.807) is 6.92 Å². The summed E-state index contributed by atoms with van der Waals surface area (Å²) in [5, 5.41) is 7.93. The molecule has 3 nitrogen and oxygen atoms in total. The molecule has 0 heterocycles. The summed E-state index contributed by atoms with van der Waals surface area (Å²) in [6.07, 6.45) is 1.03. The molecule has 0 N–H and O–H groups in total. The van der Waals surface area contributed by atoms with Gasteiger partial charge in [-0.15, -0.1) is 0 Å². The maximum atomic E-state index is 9.60. The average Bonchev–Trinajstić information content (AvgIpc) is 1.68. The molecule has 0 aliphatic rings. The highest BCUT2D eigenvalue weighted by Gasteiger charge is 2.08. The van der Waals surface area contributed by atoms with Crippen molar-refractivity contribution < 1.29 is 4.79 Å². The average molecular weight is 99.1 g/mol. The lowest BCUT2D eigenvalue weighted by Crippen LogP contribution is -1.92. The molecule has 7 heavy (non-hydrogen) atoms. The Morgan fingerprint density at radius 1 is 2.00 bits per heavy atom. The number of carbonyl (C=O) groups excluding carboxylic acids is 1. The normalized spacial score (nSPS) is 12.0. The van der Waals surface area contributed by atoms with Crippen LogP contribution in [0.15, 0.2) is 0 Å². The molecule has 0 rings (SSSR count). The van der Waals surface area contributed by atoms with Gasteiger partial charge in [-0.05, 0) is 0 Å². The first-order valence-corrected chi connectivity index (χ1v) is 2.09. The van der Waals surface area contributed by atoms with Gasteiger partial charge in [0.05, 0.1) is 6.42 Å².